The first-order valence-electron chi connectivity index (χ1n) is 5.59. The molecule has 2 aromatic rings. The largest absolute Gasteiger partial charge is 0.397 e. The molecule has 0 fully saturated rings. The van der Waals surface area contributed by atoms with Crippen molar-refractivity contribution in [3.05, 3.63) is 32.9 Å². The average Bonchev–Trinajstić information content (AvgIpc) is 2.62. The van der Waals surface area contributed by atoms with Gasteiger partial charge in [0, 0.05) is 4.88 Å². The van der Waals surface area contributed by atoms with Crippen molar-refractivity contribution in [2.75, 3.05) is 11.1 Å². The van der Waals surface area contributed by atoms with Crippen molar-refractivity contribution < 1.29 is 0 Å². The topological polar surface area (TPSA) is 63.8 Å². The minimum absolute atomic E-state index is 0.116. The maximum absolute atomic E-state index is 6.09. The van der Waals surface area contributed by atoms with Gasteiger partial charge in [-0.05, 0) is 26.8 Å². The predicted molar refractivity (Wildman–Crippen MR) is 77.3 cm³/mol. The molecule has 1 unspecified atom stereocenters. The molecule has 0 aliphatic heterocycles. The molecule has 0 amide bonds. The van der Waals surface area contributed by atoms with Gasteiger partial charge in [0.2, 0.25) is 0 Å². The quantitative estimate of drug-likeness (QED) is 0.903. The molecule has 0 aliphatic carbocycles. The number of anilines is 2. The maximum Gasteiger partial charge on any atom is 0.145 e. The van der Waals surface area contributed by atoms with Gasteiger partial charge < -0.3 is 11.1 Å². The van der Waals surface area contributed by atoms with E-state index < -0.39 is 0 Å². The Morgan fingerprint density at radius 1 is 1.44 bits per heavy atom. The summed E-state index contributed by atoms with van der Waals surface area (Å²) < 4.78 is 0. The number of halogens is 1. The summed E-state index contributed by atoms with van der Waals surface area (Å²) in [7, 11) is 0. The molecule has 6 heteroatoms. The molecule has 0 aliphatic rings. The van der Waals surface area contributed by atoms with Crippen LogP contribution < -0.4 is 11.1 Å². The maximum atomic E-state index is 6.09. The van der Waals surface area contributed by atoms with Crippen LogP contribution in [0.25, 0.3) is 0 Å². The summed E-state index contributed by atoms with van der Waals surface area (Å²) in [6.07, 6.45) is 1.59. The lowest BCUT2D eigenvalue weighted by Gasteiger charge is -2.14. The van der Waals surface area contributed by atoms with E-state index in [1.54, 1.807) is 23.6 Å². The fourth-order valence-electron chi connectivity index (χ4n) is 1.78. The Kier molecular flexibility index (Phi) is 3.73. The third-order valence-electron chi connectivity index (χ3n) is 2.55. The number of rotatable bonds is 3. The Morgan fingerprint density at radius 2 is 2.17 bits per heavy atom. The van der Waals surface area contributed by atoms with E-state index in [9.17, 15) is 0 Å². The Morgan fingerprint density at radius 3 is 2.72 bits per heavy atom. The number of thiazole rings is 1. The van der Waals surface area contributed by atoms with Crippen LogP contribution in [0.1, 0.15) is 28.5 Å². The van der Waals surface area contributed by atoms with Gasteiger partial charge in [-0.2, -0.15) is 0 Å². The predicted octanol–water partition coefficient (Wildman–Crippen LogP) is 3.56. The van der Waals surface area contributed by atoms with Gasteiger partial charge in [0.15, 0.2) is 0 Å². The molecule has 4 nitrogen and oxygen atoms in total. The molecule has 3 N–H and O–H groups in total. The molecule has 0 saturated heterocycles. The number of nitrogens with zero attached hydrogens (tertiary/aromatic N) is 2. The van der Waals surface area contributed by atoms with Crippen molar-refractivity contribution in [2.45, 2.75) is 26.8 Å². The van der Waals surface area contributed by atoms with Crippen LogP contribution in [-0.2, 0) is 0 Å². The van der Waals surface area contributed by atoms with Gasteiger partial charge in [-0.1, -0.05) is 11.6 Å². The standard InChI is InChI=1S/C12H15ClN4S/c1-6-11(18-8(3)16-6)7(2)17-12-10(13)4-9(14)5-15-12/h4-5,7H,14H2,1-3H3,(H,15,17). The Hall–Kier alpha value is -1.33. The minimum atomic E-state index is 0.116. The number of nitrogen functional groups attached to an aromatic ring is 1. The van der Waals surface area contributed by atoms with Crippen LogP contribution in [0.3, 0.4) is 0 Å². The van der Waals surface area contributed by atoms with Crippen LogP contribution in [0, 0.1) is 13.8 Å². The summed E-state index contributed by atoms with van der Waals surface area (Å²) in [6, 6.07) is 1.80. The molecule has 0 radical (unpaired) electrons. The zero-order chi connectivity index (χ0) is 13.3. The number of hydrogen-bond acceptors (Lipinski definition) is 5. The second-order valence-electron chi connectivity index (χ2n) is 4.15. The molecule has 0 spiro atoms. The van der Waals surface area contributed by atoms with Gasteiger partial charge in [-0.25, -0.2) is 9.97 Å². The van der Waals surface area contributed by atoms with E-state index in [-0.39, 0.29) is 6.04 Å². The average molecular weight is 283 g/mol. The van der Waals surface area contributed by atoms with Gasteiger partial charge in [-0.15, -0.1) is 11.3 Å². The van der Waals surface area contributed by atoms with Crippen molar-refractivity contribution in [1.82, 2.24) is 9.97 Å². The Labute approximate surface area is 115 Å². The van der Waals surface area contributed by atoms with E-state index in [1.807, 2.05) is 13.8 Å². The SMILES string of the molecule is Cc1nc(C)c(C(C)Nc2ncc(N)cc2Cl)s1. The van der Waals surface area contributed by atoms with Crippen molar-refractivity contribution >= 4 is 34.4 Å². The van der Waals surface area contributed by atoms with E-state index in [0.717, 1.165) is 10.7 Å². The number of pyridine rings is 1. The second-order valence-corrected chi connectivity index (χ2v) is 5.79. The molecule has 96 valence electrons. The zero-order valence-corrected chi connectivity index (χ0v) is 12.1. The van der Waals surface area contributed by atoms with Gasteiger partial charge in [-0.3, -0.25) is 0 Å². The number of nitrogens with one attached hydrogen (secondary N) is 1. The van der Waals surface area contributed by atoms with Crippen LogP contribution in [0.5, 0.6) is 0 Å². The summed E-state index contributed by atoms with van der Waals surface area (Å²) in [4.78, 5) is 9.81. The lowest BCUT2D eigenvalue weighted by molar-refractivity contribution is 0.880. The van der Waals surface area contributed by atoms with E-state index >= 15 is 0 Å². The first-order chi connectivity index (χ1) is 8.47. The molecule has 0 aromatic carbocycles. The summed E-state index contributed by atoms with van der Waals surface area (Å²) >= 11 is 7.77. The first kappa shape index (κ1) is 13.1. The highest BCUT2D eigenvalue weighted by atomic mass is 35.5. The van der Waals surface area contributed by atoms with E-state index in [2.05, 4.69) is 22.2 Å². The summed E-state index contributed by atoms with van der Waals surface area (Å²) in [6.45, 7) is 6.08. The highest BCUT2D eigenvalue weighted by Crippen LogP contribution is 2.29. The molecule has 0 saturated carbocycles. The van der Waals surface area contributed by atoms with Crippen molar-refractivity contribution in [3.63, 3.8) is 0 Å². The van der Waals surface area contributed by atoms with Gasteiger partial charge >= 0.3 is 0 Å². The molecule has 2 rings (SSSR count). The molecule has 2 aromatic heterocycles. The summed E-state index contributed by atoms with van der Waals surface area (Å²) in [5.74, 6) is 0.642. The Balaban J connectivity index is 2.21. The van der Waals surface area contributed by atoms with Gasteiger partial charge in [0.25, 0.3) is 0 Å². The lowest BCUT2D eigenvalue weighted by Crippen LogP contribution is -2.08. The minimum Gasteiger partial charge on any atom is -0.397 e. The molecular weight excluding hydrogens is 268 g/mol. The lowest BCUT2D eigenvalue weighted by atomic mass is 10.2. The van der Waals surface area contributed by atoms with Crippen LogP contribution in [0.4, 0.5) is 11.5 Å². The fraction of sp³-hybridized carbons (Fsp3) is 0.333. The van der Waals surface area contributed by atoms with E-state index in [4.69, 9.17) is 17.3 Å². The third kappa shape index (κ3) is 2.73. The molecule has 2 heterocycles. The van der Waals surface area contributed by atoms with Crippen LogP contribution in [0.2, 0.25) is 5.02 Å². The molecule has 0 bridgehead atoms. The first-order valence-corrected chi connectivity index (χ1v) is 6.78. The van der Waals surface area contributed by atoms with E-state index in [1.165, 1.54) is 4.88 Å². The monoisotopic (exact) mass is 282 g/mol. The molecular formula is C12H15ClN4S. The molecule has 18 heavy (non-hydrogen) atoms. The molecule has 1 atom stereocenters. The highest BCUT2D eigenvalue weighted by molar-refractivity contribution is 7.11. The summed E-state index contributed by atoms with van der Waals surface area (Å²) in [5, 5.41) is 4.87. The normalized spacial score (nSPS) is 12.4. The fourth-order valence-corrected chi connectivity index (χ4v) is 2.94. The van der Waals surface area contributed by atoms with Crippen molar-refractivity contribution in [3.8, 4) is 0 Å². The van der Waals surface area contributed by atoms with Crippen molar-refractivity contribution in [1.29, 1.82) is 0 Å². The Bertz CT molecular complexity index is 567. The number of aryl methyl sites for hydroxylation is 2. The van der Waals surface area contributed by atoms with Gasteiger partial charge in [0.1, 0.15) is 5.82 Å². The van der Waals surface area contributed by atoms with Crippen LogP contribution in [-0.4, -0.2) is 9.97 Å². The zero-order valence-electron chi connectivity index (χ0n) is 10.5. The van der Waals surface area contributed by atoms with E-state index in [0.29, 0.717) is 16.5 Å². The third-order valence-corrected chi connectivity index (χ3v) is 4.09. The van der Waals surface area contributed by atoms with Crippen molar-refractivity contribution in [2.24, 2.45) is 0 Å². The number of hydrogen-bond donors (Lipinski definition) is 2. The van der Waals surface area contributed by atoms with Crippen LogP contribution >= 0.6 is 22.9 Å². The second kappa shape index (κ2) is 5.12. The smallest absolute Gasteiger partial charge is 0.145 e. The number of aromatic nitrogens is 2. The number of nitrogens with two attached hydrogens (primary N) is 1. The van der Waals surface area contributed by atoms with Crippen LogP contribution in [0.15, 0.2) is 12.3 Å². The highest BCUT2D eigenvalue weighted by Gasteiger charge is 2.14. The van der Waals surface area contributed by atoms with Gasteiger partial charge in [0.05, 0.1) is 33.7 Å². The summed E-state index contributed by atoms with van der Waals surface area (Å²) in [5.41, 5.74) is 7.22.